The molecule has 0 spiro atoms. The fourth-order valence-electron chi connectivity index (χ4n) is 3.09. The van der Waals surface area contributed by atoms with Crippen LogP contribution >= 0.6 is 0 Å². The van der Waals surface area contributed by atoms with E-state index in [2.05, 4.69) is 31.2 Å². The highest BCUT2D eigenvalue weighted by molar-refractivity contribution is 5.94. The zero-order valence-electron chi connectivity index (χ0n) is 12.8. The lowest BCUT2D eigenvalue weighted by atomic mass is 9.78. The van der Waals surface area contributed by atoms with Gasteiger partial charge >= 0.3 is 0 Å². The highest BCUT2D eigenvalue weighted by Crippen LogP contribution is 2.36. The second kappa shape index (κ2) is 7.42. The van der Waals surface area contributed by atoms with Gasteiger partial charge in [0, 0.05) is 5.56 Å². The summed E-state index contributed by atoms with van der Waals surface area (Å²) in [5, 5.41) is 0. The average molecular weight is 270 g/mol. The maximum atomic E-state index is 11.3. The molecule has 0 aliphatic heterocycles. The summed E-state index contributed by atoms with van der Waals surface area (Å²) in [7, 11) is 0. The van der Waals surface area contributed by atoms with E-state index in [1.165, 1.54) is 44.1 Å². The normalized spacial score (nSPS) is 23.1. The summed E-state index contributed by atoms with van der Waals surface area (Å²) in [5.74, 6) is 1.63. The van der Waals surface area contributed by atoms with Gasteiger partial charge < -0.3 is 0 Å². The van der Waals surface area contributed by atoms with Gasteiger partial charge in [0.1, 0.15) is 0 Å². The van der Waals surface area contributed by atoms with Gasteiger partial charge in [0.15, 0.2) is 5.78 Å². The molecule has 1 heteroatoms. The third kappa shape index (κ3) is 4.06. The Morgan fingerprint density at radius 1 is 1.15 bits per heavy atom. The predicted octanol–water partition coefficient (Wildman–Crippen LogP) is 5.52. The summed E-state index contributed by atoms with van der Waals surface area (Å²) in [4.78, 5) is 11.3. The largest absolute Gasteiger partial charge is 0.295 e. The number of carbonyl (C=O) groups excluding carboxylic acids is 1. The van der Waals surface area contributed by atoms with Crippen molar-refractivity contribution < 1.29 is 4.79 Å². The topological polar surface area (TPSA) is 17.1 Å². The molecular formula is C19H26O. The van der Waals surface area contributed by atoms with Crippen molar-refractivity contribution >= 4 is 5.78 Å². The van der Waals surface area contributed by atoms with Gasteiger partial charge in [-0.2, -0.15) is 0 Å². The van der Waals surface area contributed by atoms with Crippen molar-refractivity contribution in [1.29, 1.82) is 0 Å². The molecule has 1 aromatic carbocycles. The van der Waals surface area contributed by atoms with Crippen molar-refractivity contribution in [2.45, 2.75) is 58.3 Å². The zero-order chi connectivity index (χ0) is 14.4. The average Bonchev–Trinajstić information content (AvgIpc) is 2.48. The van der Waals surface area contributed by atoms with E-state index < -0.39 is 0 Å². The minimum absolute atomic E-state index is 0.154. The quantitative estimate of drug-likeness (QED) is 0.508. The summed E-state index contributed by atoms with van der Waals surface area (Å²) in [6.45, 7) is 3.86. The van der Waals surface area contributed by atoms with Crippen molar-refractivity contribution in [3.63, 3.8) is 0 Å². The van der Waals surface area contributed by atoms with Gasteiger partial charge in [-0.3, -0.25) is 4.79 Å². The number of unbranched alkanes of at least 4 members (excludes halogenated alkanes) is 1. The standard InChI is InChI=1S/C19H26O/c1-3-4-5-6-16-7-9-18(10-8-16)19-13-11-17(12-14-19)15(2)20/h5-6,11-14,16,18H,3-4,7-10H2,1-2H3/b6-5+. The second-order valence-electron chi connectivity index (χ2n) is 6.01. The molecule has 1 aliphatic carbocycles. The number of benzene rings is 1. The zero-order valence-corrected chi connectivity index (χ0v) is 12.8. The van der Waals surface area contributed by atoms with Gasteiger partial charge in [-0.15, -0.1) is 0 Å². The molecule has 0 N–H and O–H groups in total. The number of ketones is 1. The number of Topliss-reactive ketones (excluding diaryl/α,β-unsaturated/α-hetero) is 1. The Balaban J connectivity index is 1.88. The van der Waals surface area contributed by atoms with Crippen molar-refractivity contribution in [2.75, 3.05) is 0 Å². The molecule has 0 bridgehead atoms. The van der Waals surface area contributed by atoms with Crippen LogP contribution in [0.1, 0.15) is 74.2 Å². The molecule has 108 valence electrons. The number of carbonyl (C=O) groups is 1. The van der Waals surface area contributed by atoms with Gasteiger partial charge in [0.25, 0.3) is 0 Å². The molecule has 20 heavy (non-hydrogen) atoms. The smallest absolute Gasteiger partial charge is 0.159 e. The minimum Gasteiger partial charge on any atom is -0.295 e. The van der Waals surface area contributed by atoms with Crippen molar-refractivity contribution in [1.82, 2.24) is 0 Å². The molecule has 0 unspecified atom stereocenters. The van der Waals surface area contributed by atoms with Crippen LogP contribution in [0, 0.1) is 5.92 Å². The minimum atomic E-state index is 0.154. The highest BCUT2D eigenvalue weighted by atomic mass is 16.1. The van der Waals surface area contributed by atoms with Crippen molar-refractivity contribution in [3.8, 4) is 0 Å². The Bertz CT molecular complexity index is 447. The van der Waals surface area contributed by atoms with Crippen LogP contribution in [-0.4, -0.2) is 5.78 Å². The number of hydrogen-bond donors (Lipinski definition) is 0. The molecule has 2 rings (SSSR count). The first-order valence-electron chi connectivity index (χ1n) is 7.98. The molecule has 0 saturated heterocycles. The maximum absolute atomic E-state index is 11.3. The van der Waals surface area contributed by atoms with Crippen LogP contribution in [0.3, 0.4) is 0 Å². The molecule has 1 aliphatic rings. The summed E-state index contributed by atoms with van der Waals surface area (Å²) in [6.07, 6.45) is 12.4. The summed E-state index contributed by atoms with van der Waals surface area (Å²) in [5.41, 5.74) is 2.23. The Labute approximate surface area is 123 Å². The molecule has 0 radical (unpaired) electrons. The molecule has 0 aromatic heterocycles. The van der Waals surface area contributed by atoms with Crippen LogP contribution in [0.5, 0.6) is 0 Å². The first kappa shape index (κ1) is 15.0. The Morgan fingerprint density at radius 2 is 1.80 bits per heavy atom. The molecule has 1 fully saturated rings. The van der Waals surface area contributed by atoms with Gasteiger partial charge in [-0.1, -0.05) is 49.8 Å². The Hall–Kier alpha value is -1.37. The van der Waals surface area contributed by atoms with E-state index in [4.69, 9.17) is 0 Å². The molecule has 1 saturated carbocycles. The molecule has 0 amide bonds. The van der Waals surface area contributed by atoms with Crippen LogP contribution in [0.25, 0.3) is 0 Å². The van der Waals surface area contributed by atoms with Crippen LogP contribution in [0.4, 0.5) is 0 Å². The van der Waals surface area contributed by atoms with Gasteiger partial charge in [-0.25, -0.2) is 0 Å². The fraction of sp³-hybridized carbons (Fsp3) is 0.526. The number of allylic oxidation sites excluding steroid dienone is 2. The Morgan fingerprint density at radius 3 is 2.35 bits per heavy atom. The molecule has 0 heterocycles. The lowest BCUT2D eigenvalue weighted by Gasteiger charge is -2.27. The van der Waals surface area contributed by atoms with Gasteiger partial charge in [-0.05, 0) is 56.4 Å². The SMILES string of the molecule is CCC/C=C/C1CCC(c2ccc(C(C)=O)cc2)CC1. The van der Waals surface area contributed by atoms with E-state index in [1.807, 2.05) is 12.1 Å². The fourth-order valence-corrected chi connectivity index (χ4v) is 3.09. The molecule has 1 nitrogen and oxygen atoms in total. The predicted molar refractivity (Wildman–Crippen MR) is 85.2 cm³/mol. The molecule has 1 aromatic rings. The van der Waals surface area contributed by atoms with E-state index in [1.54, 1.807) is 6.92 Å². The van der Waals surface area contributed by atoms with E-state index >= 15 is 0 Å². The van der Waals surface area contributed by atoms with Crippen molar-refractivity contribution in [2.24, 2.45) is 5.92 Å². The maximum Gasteiger partial charge on any atom is 0.159 e. The first-order chi connectivity index (χ1) is 9.70. The third-order valence-electron chi connectivity index (χ3n) is 4.42. The van der Waals surface area contributed by atoms with Crippen LogP contribution in [-0.2, 0) is 0 Å². The van der Waals surface area contributed by atoms with E-state index in [0.717, 1.165) is 11.5 Å². The van der Waals surface area contributed by atoms with Crippen LogP contribution < -0.4 is 0 Å². The molecule has 0 atom stereocenters. The van der Waals surface area contributed by atoms with Gasteiger partial charge in [0.05, 0.1) is 0 Å². The van der Waals surface area contributed by atoms with Crippen LogP contribution in [0.15, 0.2) is 36.4 Å². The van der Waals surface area contributed by atoms with Gasteiger partial charge in [0.2, 0.25) is 0 Å². The lowest BCUT2D eigenvalue weighted by molar-refractivity contribution is 0.101. The number of hydrogen-bond acceptors (Lipinski definition) is 1. The highest BCUT2D eigenvalue weighted by Gasteiger charge is 2.20. The second-order valence-corrected chi connectivity index (χ2v) is 6.01. The lowest BCUT2D eigenvalue weighted by Crippen LogP contribution is -2.11. The summed E-state index contributed by atoms with van der Waals surface area (Å²) in [6, 6.07) is 8.25. The summed E-state index contributed by atoms with van der Waals surface area (Å²) < 4.78 is 0. The first-order valence-corrected chi connectivity index (χ1v) is 7.98. The van der Waals surface area contributed by atoms with Crippen molar-refractivity contribution in [3.05, 3.63) is 47.5 Å². The Kier molecular flexibility index (Phi) is 5.58. The summed E-state index contributed by atoms with van der Waals surface area (Å²) >= 11 is 0. The van der Waals surface area contributed by atoms with E-state index in [9.17, 15) is 4.79 Å². The molecular weight excluding hydrogens is 244 g/mol. The van der Waals surface area contributed by atoms with E-state index in [0.29, 0.717) is 5.92 Å². The number of rotatable bonds is 5. The third-order valence-corrected chi connectivity index (χ3v) is 4.42. The van der Waals surface area contributed by atoms with Crippen LogP contribution in [0.2, 0.25) is 0 Å². The van der Waals surface area contributed by atoms with E-state index in [-0.39, 0.29) is 5.78 Å². The monoisotopic (exact) mass is 270 g/mol.